The number of rotatable bonds is 5. The highest BCUT2D eigenvalue weighted by Crippen LogP contribution is 2.36. The molecule has 10 heteroatoms. The van der Waals surface area contributed by atoms with E-state index in [2.05, 4.69) is 9.97 Å². The zero-order valence-corrected chi connectivity index (χ0v) is 17.3. The van der Waals surface area contributed by atoms with E-state index < -0.39 is 21.5 Å². The molecule has 0 bridgehead atoms. The van der Waals surface area contributed by atoms with Crippen LogP contribution in [0, 0.1) is 11.6 Å². The number of hydrogen-bond donors (Lipinski definition) is 1. The van der Waals surface area contributed by atoms with Crippen LogP contribution in [0.5, 0.6) is 11.5 Å². The van der Waals surface area contributed by atoms with Crippen molar-refractivity contribution in [3.8, 4) is 22.8 Å². The number of pyridine rings is 2. The average Bonchev–Trinajstić information content (AvgIpc) is 3.17. The summed E-state index contributed by atoms with van der Waals surface area (Å²) in [6.45, 7) is 0. The quantitative estimate of drug-likeness (QED) is 0.507. The maximum absolute atomic E-state index is 14.2. The third-order valence-corrected chi connectivity index (χ3v) is 5.41. The highest BCUT2D eigenvalue weighted by molar-refractivity contribution is 7.89. The van der Waals surface area contributed by atoms with Crippen LogP contribution in [-0.2, 0) is 22.6 Å². The van der Waals surface area contributed by atoms with Crippen LogP contribution in [0.15, 0.2) is 53.6 Å². The van der Waals surface area contributed by atoms with Gasteiger partial charge in [-0.1, -0.05) is 0 Å². The molecule has 31 heavy (non-hydrogen) atoms. The molecule has 4 aromatic rings. The van der Waals surface area contributed by atoms with Crippen molar-refractivity contribution < 1.29 is 21.9 Å². The number of H-pyrrole nitrogens is 1. The first-order chi connectivity index (χ1) is 14.6. The van der Waals surface area contributed by atoms with Crippen LogP contribution < -0.4 is 10.3 Å². The van der Waals surface area contributed by atoms with Crippen molar-refractivity contribution in [2.45, 2.75) is 5.75 Å². The molecular formula is C21H17F2N3O4S. The zero-order valence-electron chi connectivity index (χ0n) is 16.5. The monoisotopic (exact) mass is 445 g/mol. The third kappa shape index (κ3) is 4.19. The van der Waals surface area contributed by atoms with Gasteiger partial charge >= 0.3 is 0 Å². The Labute approximate surface area is 175 Å². The number of benzene rings is 1. The Hall–Kier alpha value is -3.53. The molecule has 0 aliphatic rings. The molecule has 0 saturated carbocycles. The van der Waals surface area contributed by atoms with Crippen molar-refractivity contribution >= 4 is 20.7 Å². The summed E-state index contributed by atoms with van der Waals surface area (Å²) in [7, 11) is -1.81. The number of aromatic amines is 1. The summed E-state index contributed by atoms with van der Waals surface area (Å²) in [5, 5.41) is 0.538. The first-order valence-corrected chi connectivity index (χ1v) is 11.2. The lowest BCUT2D eigenvalue weighted by molar-refractivity contribution is 0.437. The fourth-order valence-electron chi connectivity index (χ4n) is 3.25. The van der Waals surface area contributed by atoms with E-state index >= 15 is 0 Å². The lowest BCUT2D eigenvalue weighted by Crippen LogP contribution is -2.16. The molecule has 7 nitrogen and oxygen atoms in total. The lowest BCUT2D eigenvalue weighted by atomic mass is 10.1. The Kier molecular flexibility index (Phi) is 5.10. The molecule has 1 N–H and O–H groups in total. The van der Waals surface area contributed by atoms with Gasteiger partial charge in [-0.25, -0.2) is 22.2 Å². The van der Waals surface area contributed by atoms with Crippen molar-refractivity contribution in [1.82, 2.24) is 14.5 Å². The number of aromatic nitrogens is 3. The van der Waals surface area contributed by atoms with Gasteiger partial charge in [0.05, 0.1) is 11.4 Å². The second-order valence-electron chi connectivity index (χ2n) is 7.12. The summed E-state index contributed by atoms with van der Waals surface area (Å²) in [4.78, 5) is 19.7. The van der Waals surface area contributed by atoms with Crippen LogP contribution >= 0.6 is 0 Å². The molecule has 0 atom stereocenters. The first kappa shape index (κ1) is 20.7. The Morgan fingerprint density at radius 3 is 2.58 bits per heavy atom. The largest absolute Gasteiger partial charge is 0.452 e. The molecule has 0 aliphatic heterocycles. The molecule has 0 amide bonds. The van der Waals surface area contributed by atoms with Crippen LogP contribution in [0.1, 0.15) is 5.69 Å². The number of halogens is 2. The van der Waals surface area contributed by atoms with Crippen LogP contribution in [0.4, 0.5) is 8.78 Å². The standard InChI is InChI=1S/C21H17F2N3O4S/c1-26-10-15(14-7-8-24-20(14)21(26)27)19-18(6-4-13(25-19)11-31(2,28)29)30-17-5-3-12(22)9-16(17)23/h3-10,24H,11H2,1-2H3. The summed E-state index contributed by atoms with van der Waals surface area (Å²) in [6.07, 6.45) is 4.22. The summed E-state index contributed by atoms with van der Waals surface area (Å²) < 4.78 is 58.0. The Balaban J connectivity index is 1.94. The Bertz CT molecular complexity index is 1480. The van der Waals surface area contributed by atoms with Gasteiger partial charge in [-0.15, -0.1) is 0 Å². The molecule has 0 saturated heterocycles. The minimum atomic E-state index is -3.37. The number of sulfone groups is 1. The number of ether oxygens (including phenoxy) is 1. The second-order valence-corrected chi connectivity index (χ2v) is 9.26. The van der Waals surface area contributed by atoms with E-state index in [0.717, 1.165) is 18.4 Å². The first-order valence-electron chi connectivity index (χ1n) is 9.10. The SMILES string of the molecule is Cn1cc(-c2nc(CS(C)(=O)=O)ccc2Oc2ccc(F)cc2F)c2cc[nH]c2c1=O. The molecule has 0 radical (unpaired) electrons. The van der Waals surface area contributed by atoms with E-state index in [0.29, 0.717) is 22.5 Å². The van der Waals surface area contributed by atoms with Crippen LogP contribution in [-0.4, -0.2) is 29.2 Å². The second kappa shape index (κ2) is 7.62. The van der Waals surface area contributed by atoms with Crippen LogP contribution in [0.2, 0.25) is 0 Å². The molecule has 0 spiro atoms. The molecule has 0 unspecified atom stereocenters. The Morgan fingerprint density at radius 1 is 1.13 bits per heavy atom. The predicted molar refractivity (Wildman–Crippen MR) is 112 cm³/mol. The van der Waals surface area contributed by atoms with E-state index in [9.17, 15) is 22.0 Å². The molecule has 3 aromatic heterocycles. The third-order valence-electron chi connectivity index (χ3n) is 4.59. The average molecular weight is 445 g/mol. The molecule has 0 aliphatic carbocycles. The van der Waals surface area contributed by atoms with Gasteiger partial charge in [-0.05, 0) is 30.3 Å². The van der Waals surface area contributed by atoms with Gasteiger partial charge < -0.3 is 14.3 Å². The van der Waals surface area contributed by atoms with Crippen LogP contribution in [0.25, 0.3) is 22.2 Å². The predicted octanol–water partition coefficient (Wildman–Crippen LogP) is 3.54. The lowest BCUT2D eigenvalue weighted by Gasteiger charge is -2.14. The van der Waals surface area contributed by atoms with Crippen LogP contribution in [0.3, 0.4) is 0 Å². The number of aryl methyl sites for hydroxylation is 1. The van der Waals surface area contributed by atoms with E-state index in [1.54, 1.807) is 25.5 Å². The maximum atomic E-state index is 14.2. The highest BCUT2D eigenvalue weighted by atomic mass is 32.2. The molecular weight excluding hydrogens is 428 g/mol. The van der Waals surface area contributed by atoms with Gasteiger partial charge in [0.2, 0.25) is 0 Å². The van der Waals surface area contributed by atoms with Gasteiger partial charge in [-0.3, -0.25) is 4.79 Å². The van der Waals surface area contributed by atoms with Crippen molar-refractivity contribution in [1.29, 1.82) is 0 Å². The number of fused-ring (bicyclic) bond motifs is 1. The number of hydrogen-bond acceptors (Lipinski definition) is 5. The normalized spacial score (nSPS) is 11.7. The summed E-state index contributed by atoms with van der Waals surface area (Å²) >= 11 is 0. The van der Waals surface area contributed by atoms with Gasteiger partial charge in [0.15, 0.2) is 27.2 Å². The number of nitrogens with zero attached hydrogens (tertiary/aromatic N) is 2. The smallest absolute Gasteiger partial charge is 0.274 e. The molecule has 4 rings (SSSR count). The van der Waals surface area contributed by atoms with Crippen molar-refractivity contribution in [2.75, 3.05) is 6.26 Å². The topological polar surface area (TPSA) is 94.0 Å². The minimum absolute atomic E-state index is 0.115. The van der Waals surface area contributed by atoms with E-state index in [4.69, 9.17) is 4.74 Å². The fourth-order valence-corrected chi connectivity index (χ4v) is 3.94. The molecule has 3 heterocycles. The van der Waals surface area contributed by atoms with Gasteiger partial charge in [0.1, 0.15) is 17.0 Å². The fraction of sp³-hybridized carbons (Fsp3) is 0.143. The molecule has 1 aromatic carbocycles. The number of nitrogens with one attached hydrogen (secondary N) is 1. The maximum Gasteiger partial charge on any atom is 0.274 e. The highest BCUT2D eigenvalue weighted by Gasteiger charge is 2.19. The summed E-state index contributed by atoms with van der Waals surface area (Å²) in [5.74, 6) is -2.08. The van der Waals surface area contributed by atoms with E-state index in [-0.39, 0.29) is 34.2 Å². The Morgan fingerprint density at radius 2 is 1.87 bits per heavy atom. The van der Waals surface area contributed by atoms with E-state index in [1.807, 2.05) is 0 Å². The zero-order chi connectivity index (χ0) is 22.3. The van der Waals surface area contributed by atoms with Gasteiger partial charge in [0.25, 0.3) is 5.56 Å². The van der Waals surface area contributed by atoms with Gasteiger partial charge in [0, 0.05) is 42.7 Å². The summed E-state index contributed by atoms with van der Waals surface area (Å²) in [6, 6.07) is 7.49. The molecule has 160 valence electrons. The molecule has 0 fully saturated rings. The van der Waals surface area contributed by atoms with Crippen molar-refractivity contribution in [3.05, 3.63) is 76.5 Å². The van der Waals surface area contributed by atoms with Gasteiger partial charge in [-0.2, -0.15) is 0 Å². The minimum Gasteiger partial charge on any atom is -0.452 e. The van der Waals surface area contributed by atoms with Crippen molar-refractivity contribution in [2.24, 2.45) is 7.05 Å². The van der Waals surface area contributed by atoms with E-state index in [1.165, 1.54) is 16.7 Å². The summed E-state index contributed by atoms with van der Waals surface area (Å²) in [5.41, 5.74) is 1.01. The van der Waals surface area contributed by atoms with Crippen molar-refractivity contribution in [3.63, 3.8) is 0 Å².